The SMILES string of the molecule is CNCc1ccc2oc(Nc3nc4cc(F)ccc4o3)nc2c1. The topological polar surface area (TPSA) is 76.1 Å². The number of oxazole rings is 2. The first-order chi connectivity index (χ1) is 11.2. The van der Waals surface area contributed by atoms with Crippen molar-refractivity contribution < 1.29 is 13.2 Å². The molecule has 7 heteroatoms. The van der Waals surface area contributed by atoms with E-state index in [1.54, 1.807) is 0 Å². The second-order valence-corrected chi connectivity index (χ2v) is 5.11. The number of aromatic nitrogens is 2. The van der Waals surface area contributed by atoms with Crippen LogP contribution in [0.15, 0.2) is 45.2 Å². The third-order valence-electron chi connectivity index (χ3n) is 3.40. The maximum atomic E-state index is 13.2. The normalized spacial score (nSPS) is 11.4. The summed E-state index contributed by atoms with van der Waals surface area (Å²) in [6, 6.07) is 10.4. The minimum Gasteiger partial charge on any atom is -0.423 e. The largest absolute Gasteiger partial charge is 0.423 e. The van der Waals surface area contributed by atoms with Crippen molar-refractivity contribution in [2.75, 3.05) is 12.4 Å². The van der Waals surface area contributed by atoms with E-state index < -0.39 is 0 Å². The summed E-state index contributed by atoms with van der Waals surface area (Å²) in [4.78, 5) is 8.52. The molecular formula is C16H13FN4O2. The van der Waals surface area contributed by atoms with Crippen molar-refractivity contribution in [1.82, 2.24) is 15.3 Å². The van der Waals surface area contributed by atoms with Crippen molar-refractivity contribution in [3.63, 3.8) is 0 Å². The third-order valence-corrected chi connectivity index (χ3v) is 3.40. The standard InChI is InChI=1S/C16H13FN4O2/c1-18-8-9-2-4-13-11(6-9)19-15(22-13)21-16-20-12-7-10(17)3-5-14(12)23-16/h2-7,18H,8H2,1H3,(H,19,20,21). The number of rotatable bonds is 4. The molecule has 2 aromatic carbocycles. The first-order valence-corrected chi connectivity index (χ1v) is 7.08. The molecule has 0 aliphatic carbocycles. The Morgan fingerprint density at radius 2 is 1.61 bits per heavy atom. The molecule has 2 heterocycles. The lowest BCUT2D eigenvalue weighted by Crippen LogP contribution is -2.04. The van der Waals surface area contributed by atoms with Crippen LogP contribution in [0.5, 0.6) is 0 Å². The van der Waals surface area contributed by atoms with Crippen molar-refractivity contribution in [3.05, 3.63) is 47.8 Å². The van der Waals surface area contributed by atoms with Gasteiger partial charge in [-0.05, 0) is 36.9 Å². The number of anilines is 2. The number of halogens is 1. The van der Waals surface area contributed by atoms with Crippen molar-refractivity contribution in [3.8, 4) is 0 Å². The van der Waals surface area contributed by atoms with Gasteiger partial charge in [0.2, 0.25) is 0 Å². The van der Waals surface area contributed by atoms with Gasteiger partial charge in [-0.15, -0.1) is 0 Å². The summed E-state index contributed by atoms with van der Waals surface area (Å²) in [7, 11) is 1.88. The van der Waals surface area contributed by atoms with Crippen LogP contribution in [0, 0.1) is 5.82 Å². The molecule has 0 atom stereocenters. The molecule has 23 heavy (non-hydrogen) atoms. The zero-order valence-corrected chi connectivity index (χ0v) is 12.3. The van der Waals surface area contributed by atoms with Gasteiger partial charge in [0, 0.05) is 12.6 Å². The van der Waals surface area contributed by atoms with E-state index in [9.17, 15) is 4.39 Å². The number of nitrogens with one attached hydrogen (secondary N) is 2. The van der Waals surface area contributed by atoms with Crippen LogP contribution < -0.4 is 10.6 Å². The Hall–Kier alpha value is -2.93. The Morgan fingerprint density at radius 1 is 0.957 bits per heavy atom. The average molecular weight is 312 g/mol. The van der Waals surface area contributed by atoms with Gasteiger partial charge in [-0.2, -0.15) is 9.97 Å². The molecule has 0 fully saturated rings. The van der Waals surface area contributed by atoms with Gasteiger partial charge in [-0.25, -0.2) is 4.39 Å². The summed E-state index contributed by atoms with van der Waals surface area (Å²) in [5.74, 6) is -0.365. The maximum absolute atomic E-state index is 13.2. The van der Waals surface area contributed by atoms with E-state index in [2.05, 4.69) is 20.6 Å². The van der Waals surface area contributed by atoms with Crippen LogP contribution >= 0.6 is 0 Å². The van der Waals surface area contributed by atoms with Gasteiger partial charge < -0.3 is 14.2 Å². The second-order valence-electron chi connectivity index (χ2n) is 5.11. The van der Waals surface area contributed by atoms with Crippen molar-refractivity contribution >= 4 is 34.2 Å². The first kappa shape index (κ1) is 13.7. The van der Waals surface area contributed by atoms with Crippen molar-refractivity contribution in [2.45, 2.75) is 6.54 Å². The van der Waals surface area contributed by atoms with E-state index in [-0.39, 0.29) is 17.8 Å². The predicted octanol–water partition coefficient (Wildman–Crippen LogP) is 3.57. The van der Waals surface area contributed by atoms with Crippen LogP contribution in [0.1, 0.15) is 5.56 Å². The second kappa shape index (κ2) is 5.36. The van der Waals surface area contributed by atoms with E-state index >= 15 is 0 Å². The van der Waals surface area contributed by atoms with Crippen molar-refractivity contribution in [2.24, 2.45) is 0 Å². The molecule has 4 aromatic rings. The highest BCUT2D eigenvalue weighted by atomic mass is 19.1. The molecule has 2 N–H and O–H groups in total. The molecular weight excluding hydrogens is 299 g/mol. The molecule has 0 unspecified atom stereocenters. The number of fused-ring (bicyclic) bond motifs is 2. The minimum absolute atomic E-state index is 0.201. The van der Waals surface area contributed by atoms with Crippen LogP contribution in [0.25, 0.3) is 22.2 Å². The van der Waals surface area contributed by atoms with Gasteiger partial charge in [0.1, 0.15) is 16.9 Å². The number of nitrogens with zero attached hydrogens (tertiary/aromatic N) is 2. The van der Waals surface area contributed by atoms with E-state index in [0.29, 0.717) is 16.7 Å². The van der Waals surface area contributed by atoms with Gasteiger partial charge in [0.25, 0.3) is 0 Å². The molecule has 0 amide bonds. The molecule has 6 nitrogen and oxygen atoms in total. The zero-order chi connectivity index (χ0) is 15.8. The van der Waals surface area contributed by atoms with E-state index in [0.717, 1.165) is 17.6 Å². The molecule has 0 spiro atoms. The van der Waals surface area contributed by atoms with E-state index in [4.69, 9.17) is 8.83 Å². The van der Waals surface area contributed by atoms with Crippen LogP contribution in [-0.4, -0.2) is 17.0 Å². The van der Waals surface area contributed by atoms with Crippen LogP contribution in [0.4, 0.5) is 16.4 Å². The lowest BCUT2D eigenvalue weighted by Gasteiger charge is -1.97. The fourth-order valence-corrected chi connectivity index (χ4v) is 2.39. The lowest BCUT2D eigenvalue weighted by molar-refractivity contribution is 0.590. The summed E-state index contributed by atoms with van der Waals surface area (Å²) >= 11 is 0. The highest BCUT2D eigenvalue weighted by Crippen LogP contribution is 2.25. The Labute approximate surface area is 130 Å². The lowest BCUT2D eigenvalue weighted by atomic mass is 10.2. The zero-order valence-electron chi connectivity index (χ0n) is 12.3. The number of hydrogen-bond donors (Lipinski definition) is 2. The fraction of sp³-hybridized carbons (Fsp3) is 0.125. The van der Waals surface area contributed by atoms with Gasteiger partial charge in [-0.3, -0.25) is 5.32 Å². The molecule has 0 saturated carbocycles. The third kappa shape index (κ3) is 2.62. The summed E-state index contributed by atoms with van der Waals surface area (Å²) in [5.41, 5.74) is 3.43. The highest BCUT2D eigenvalue weighted by molar-refractivity contribution is 5.77. The number of hydrogen-bond acceptors (Lipinski definition) is 6. The van der Waals surface area contributed by atoms with Crippen molar-refractivity contribution in [1.29, 1.82) is 0 Å². The summed E-state index contributed by atoms with van der Waals surface area (Å²) in [5, 5.41) is 5.95. The predicted molar refractivity (Wildman–Crippen MR) is 84.0 cm³/mol. The molecule has 2 aromatic heterocycles. The molecule has 0 aliphatic heterocycles. The van der Waals surface area contributed by atoms with Crippen LogP contribution in [-0.2, 0) is 6.54 Å². The van der Waals surface area contributed by atoms with Gasteiger partial charge in [0.15, 0.2) is 11.2 Å². The smallest absolute Gasteiger partial charge is 0.303 e. The Bertz CT molecular complexity index is 992. The first-order valence-electron chi connectivity index (χ1n) is 7.08. The van der Waals surface area contributed by atoms with Gasteiger partial charge in [-0.1, -0.05) is 6.07 Å². The highest BCUT2D eigenvalue weighted by Gasteiger charge is 2.11. The Morgan fingerprint density at radius 3 is 2.30 bits per heavy atom. The van der Waals surface area contributed by atoms with E-state index in [1.807, 2.05) is 25.2 Å². The molecule has 0 saturated heterocycles. The molecule has 0 bridgehead atoms. The average Bonchev–Trinajstić information content (AvgIpc) is 3.09. The summed E-state index contributed by atoms with van der Waals surface area (Å²) < 4.78 is 24.3. The minimum atomic E-state index is -0.365. The maximum Gasteiger partial charge on any atom is 0.303 e. The summed E-state index contributed by atoms with van der Waals surface area (Å²) in [6.07, 6.45) is 0. The quantitative estimate of drug-likeness (QED) is 0.600. The monoisotopic (exact) mass is 312 g/mol. The summed E-state index contributed by atoms with van der Waals surface area (Å²) in [6.45, 7) is 0.752. The Balaban J connectivity index is 1.65. The fourth-order valence-electron chi connectivity index (χ4n) is 2.39. The van der Waals surface area contributed by atoms with Crippen LogP contribution in [0.2, 0.25) is 0 Å². The van der Waals surface area contributed by atoms with Gasteiger partial charge >= 0.3 is 12.0 Å². The van der Waals surface area contributed by atoms with Gasteiger partial charge in [0.05, 0.1) is 0 Å². The molecule has 116 valence electrons. The van der Waals surface area contributed by atoms with E-state index in [1.165, 1.54) is 18.2 Å². The Kier molecular flexibility index (Phi) is 3.20. The van der Waals surface area contributed by atoms with Crippen LogP contribution in [0.3, 0.4) is 0 Å². The molecule has 0 aliphatic rings. The molecule has 0 radical (unpaired) electrons. The molecule has 4 rings (SSSR count). The number of benzene rings is 2.